The fourth-order valence-electron chi connectivity index (χ4n) is 5.02. The molecule has 0 aliphatic rings. The maximum Gasteiger partial charge on any atom is 0.251 e. The Bertz CT molecular complexity index is 1400. The highest BCUT2D eigenvalue weighted by Gasteiger charge is 2.46. The smallest absolute Gasteiger partial charge is 0.251 e. The number of amides is 2. The number of hydrogen-bond acceptors (Lipinski definition) is 5. The number of nitrogens with zero attached hydrogens (tertiary/aromatic N) is 1. The first-order valence-corrected chi connectivity index (χ1v) is 13.4. The molecule has 0 aliphatic carbocycles. The highest BCUT2D eigenvalue weighted by Crippen LogP contribution is 2.34. The van der Waals surface area contributed by atoms with Crippen LogP contribution in [-0.4, -0.2) is 43.6 Å². The second kappa shape index (κ2) is 13.5. The Morgan fingerprint density at radius 3 is 1.71 bits per heavy atom. The maximum absolute atomic E-state index is 14.7. The highest BCUT2D eigenvalue weighted by atomic mass is 16.5. The van der Waals surface area contributed by atoms with E-state index in [9.17, 15) is 9.59 Å². The molecule has 0 atom stereocenters. The predicted molar refractivity (Wildman–Crippen MR) is 160 cm³/mol. The number of hydrogen-bond donors (Lipinski definition) is 1. The van der Waals surface area contributed by atoms with Crippen molar-refractivity contribution in [1.29, 1.82) is 0 Å². The largest absolute Gasteiger partial charge is 0.497 e. The zero-order valence-corrected chi connectivity index (χ0v) is 23.9. The van der Waals surface area contributed by atoms with Crippen LogP contribution in [0.1, 0.15) is 23.6 Å². The van der Waals surface area contributed by atoms with Gasteiger partial charge >= 0.3 is 0 Å². The van der Waals surface area contributed by atoms with E-state index < -0.39 is 5.54 Å². The molecule has 4 aromatic rings. The van der Waals surface area contributed by atoms with Crippen molar-refractivity contribution in [2.75, 3.05) is 26.6 Å². The van der Waals surface area contributed by atoms with Gasteiger partial charge in [0.2, 0.25) is 5.91 Å². The molecule has 0 saturated carbocycles. The van der Waals surface area contributed by atoms with Gasteiger partial charge in [0.15, 0.2) is 0 Å². The summed E-state index contributed by atoms with van der Waals surface area (Å²) in [5.74, 6) is 1.23. The SMILES string of the molecule is COc1ccc(CN(C(C)=O)C(Cc2ccccc2)(Cc2ccccc2)C(=O)Nc2ccc(OC)cc2OC)cc1. The molecule has 0 saturated heterocycles. The van der Waals surface area contributed by atoms with Crippen LogP contribution in [0.15, 0.2) is 103 Å². The molecule has 0 spiro atoms. The lowest BCUT2D eigenvalue weighted by Crippen LogP contribution is -2.61. The van der Waals surface area contributed by atoms with Crippen molar-refractivity contribution in [1.82, 2.24) is 4.90 Å². The van der Waals surface area contributed by atoms with E-state index in [1.165, 1.54) is 14.0 Å². The van der Waals surface area contributed by atoms with Gasteiger partial charge in [0.05, 0.1) is 27.0 Å². The summed E-state index contributed by atoms with van der Waals surface area (Å²) in [5.41, 5.74) is 1.93. The Morgan fingerprint density at radius 1 is 0.683 bits per heavy atom. The average Bonchev–Trinajstić information content (AvgIpc) is 3.00. The summed E-state index contributed by atoms with van der Waals surface area (Å²) >= 11 is 0. The number of anilines is 1. The molecule has 7 nitrogen and oxygen atoms in total. The Labute approximate surface area is 241 Å². The van der Waals surface area contributed by atoms with Crippen LogP contribution in [0.25, 0.3) is 0 Å². The Balaban J connectivity index is 1.86. The van der Waals surface area contributed by atoms with Crippen molar-refractivity contribution < 1.29 is 23.8 Å². The lowest BCUT2D eigenvalue weighted by molar-refractivity contribution is -0.145. The summed E-state index contributed by atoms with van der Waals surface area (Å²) in [6.45, 7) is 1.74. The third-order valence-electron chi connectivity index (χ3n) is 7.15. The zero-order valence-electron chi connectivity index (χ0n) is 23.9. The molecular weight excluding hydrogens is 516 g/mol. The highest BCUT2D eigenvalue weighted by molar-refractivity contribution is 6.02. The second-order valence-electron chi connectivity index (χ2n) is 9.83. The van der Waals surface area contributed by atoms with Gasteiger partial charge in [-0.25, -0.2) is 0 Å². The monoisotopic (exact) mass is 552 g/mol. The molecule has 1 N–H and O–H groups in total. The normalized spacial score (nSPS) is 10.9. The standard InChI is InChI=1S/C34H36N2O5/c1-25(37)36(24-28-15-17-29(39-2)18-16-28)34(22-26-11-7-5-8-12-26,23-27-13-9-6-10-14-27)33(38)35-31-20-19-30(40-3)21-32(31)41-4/h5-21H,22-24H2,1-4H3,(H,35,38). The molecule has 0 aromatic heterocycles. The van der Waals surface area contributed by atoms with Gasteiger partial charge in [-0.05, 0) is 41.0 Å². The molecule has 0 radical (unpaired) electrons. The van der Waals surface area contributed by atoms with Crippen molar-refractivity contribution >= 4 is 17.5 Å². The number of benzene rings is 4. The molecule has 0 heterocycles. The molecule has 0 aliphatic heterocycles. The van der Waals surface area contributed by atoms with Crippen molar-refractivity contribution in [2.24, 2.45) is 0 Å². The lowest BCUT2D eigenvalue weighted by atomic mass is 9.81. The molecule has 2 amide bonds. The molecule has 0 fully saturated rings. The third kappa shape index (κ3) is 7.06. The summed E-state index contributed by atoms with van der Waals surface area (Å²) in [6.07, 6.45) is 0.589. The second-order valence-corrected chi connectivity index (χ2v) is 9.83. The molecule has 0 bridgehead atoms. The molecule has 212 valence electrons. The number of carbonyl (C=O) groups is 2. The minimum atomic E-state index is -1.29. The number of ether oxygens (including phenoxy) is 3. The van der Waals surface area contributed by atoms with Crippen molar-refractivity contribution in [3.05, 3.63) is 120 Å². The van der Waals surface area contributed by atoms with Crippen LogP contribution in [-0.2, 0) is 29.0 Å². The van der Waals surface area contributed by atoms with Crippen molar-refractivity contribution in [2.45, 2.75) is 31.8 Å². The first-order chi connectivity index (χ1) is 19.9. The average molecular weight is 553 g/mol. The zero-order chi connectivity index (χ0) is 29.2. The van der Waals surface area contributed by atoms with E-state index in [0.29, 0.717) is 35.8 Å². The van der Waals surface area contributed by atoms with E-state index >= 15 is 0 Å². The molecule has 41 heavy (non-hydrogen) atoms. The van der Waals surface area contributed by atoms with Crippen molar-refractivity contribution in [3.8, 4) is 17.2 Å². The predicted octanol–water partition coefficient (Wildman–Crippen LogP) is 5.92. The fourth-order valence-corrected chi connectivity index (χ4v) is 5.02. The van der Waals surface area contributed by atoms with Gasteiger partial charge in [0, 0.05) is 32.4 Å². The van der Waals surface area contributed by atoms with Gasteiger partial charge in [0.1, 0.15) is 22.8 Å². The number of rotatable bonds is 12. The third-order valence-corrected chi connectivity index (χ3v) is 7.15. The van der Waals surface area contributed by atoms with Crippen LogP contribution in [0.2, 0.25) is 0 Å². The summed E-state index contributed by atoms with van der Waals surface area (Å²) in [6, 6.07) is 32.3. The summed E-state index contributed by atoms with van der Waals surface area (Å²) in [4.78, 5) is 29.9. The maximum atomic E-state index is 14.7. The molecule has 7 heteroatoms. The van der Waals surface area contributed by atoms with E-state index in [-0.39, 0.29) is 18.4 Å². The van der Waals surface area contributed by atoms with E-state index in [0.717, 1.165) is 16.7 Å². The molecular formula is C34H36N2O5. The first-order valence-electron chi connectivity index (χ1n) is 13.4. The van der Waals surface area contributed by atoms with Gasteiger partial charge in [-0.3, -0.25) is 9.59 Å². The van der Waals surface area contributed by atoms with E-state index in [2.05, 4.69) is 5.32 Å². The Hall–Kier alpha value is -4.78. The molecule has 0 unspecified atom stereocenters. The minimum Gasteiger partial charge on any atom is -0.497 e. The van der Waals surface area contributed by atoms with Gasteiger partial charge in [-0.1, -0.05) is 72.8 Å². The first kappa shape index (κ1) is 29.2. The van der Waals surface area contributed by atoms with Gasteiger partial charge in [-0.15, -0.1) is 0 Å². The number of nitrogens with one attached hydrogen (secondary N) is 1. The van der Waals surface area contributed by atoms with Crippen LogP contribution in [0.5, 0.6) is 17.2 Å². The number of carbonyl (C=O) groups excluding carboxylic acids is 2. The van der Waals surface area contributed by atoms with Gasteiger partial charge in [-0.2, -0.15) is 0 Å². The van der Waals surface area contributed by atoms with Crippen LogP contribution in [0.3, 0.4) is 0 Å². The lowest BCUT2D eigenvalue weighted by Gasteiger charge is -2.43. The van der Waals surface area contributed by atoms with Crippen LogP contribution < -0.4 is 19.5 Å². The summed E-state index contributed by atoms with van der Waals surface area (Å²) in [7, 11) is 4.72. The summed E-state index contributed by atoms with van der Waals surface area (Å²) in [5, 5.41) is 3.10. The minimum absolute atomic E-state index is 0.218. The van der Waals surface area contributed by atoms with Crippen LogP contribution >= 0.6 is 0 Å². The van der Waals surface area contributed by atoms with Gasteiger partial charge < -0.3 is 24.4 Å². The van der Waals surface area contributed by atoms with E-state index in [1.807, 2.05) is 84.9 Å². The topological polar surface area (TPSA) is 77.1 Å². The summed E-state index contributed by atoms with van der Waals surface area (Å²) < 4.78 is 16.2. The Kier molecular flexibility index (Phi) is 9.64. The fraction of sp³-hybridized carbons (Fsp3) is 0.235. The van der Waals surface area contributed by atoms with Gasteiger partial charge in [0.25, 0.3) is 5.91 Å². The van der Waals surface area contributed by atoms with Crippen molar-refractivity contribution in [3.63, 3.8) is 0 Å². The van der Waals surface area contributed by atoms with E-state index in [1.54, 1.807) is 37.3 Å². The van der Waals surface area contributed by atoms with E-state index in [4.69, 9.17) is 14.2 Å². The van der Waals surface area contributed by atoms with Crippen LogP contribution in [0.4, 0.5) is 5.69 Å². The molecule has 4 aromatic carbocycles. The molecule has 4 rings (SSSR count). The number of methoxy groups -OCH3 is 3. The quantitative estimate of drug-likeness (QED) is 0.236. The Morgan fingerprint density at radius 2 is 1.22 bits per heavy atom. The van der Waals surface area contributed by atoms with Crippen LogP contribution in [0, 0.1) is 0 Å².